The van der Waals surface area contributed by atoms with E-state index in [-0.39, 0.29) is 0 Å². The molecule has 0 amide bonds. The van der Waals surface area contributed by atoms with Crippen molar-refractivity contribution in [2.75, 3.05) is 13.7 Å². The van der Waals surface area contributed by atoms with E-state index in [9.17, 15) is 0 Å². The highest BCUT2D eigenvalue weighted by Crippen LogP contribution is 2.35. The lowest BCUT2D eigenvalue weighted by Gasteiger charge is -2.41. The van der Waals surface area contributed by atoms with Gasteiger partial charge in [0, 0.05) is 18.8 Å². The molecule has 2 unspecified atom stereocenters. The van der Waals surface area contributed by atoms with Crippen LogP contribution in [0.4, 0.5) is 0 Å². The van der Waals surface area contributed by atoms with E-state index >= 15 is 0 Å². The number of nitrogens with zero attached hydrogens (tertiary/aromatic N) is 1. The molecule has 1 aromatic heterocycles. The van der Waals surface area contributed by atoms with Crippen molar-refractivity contribution in [1.82, 2.24) is 10.3 Å². The SMILES string of the molecule is COc1cc(C2=CCC3CNC3C2)cnc1Br. The van der Waals surface area contributed by atoms with Crippen molar-refractivity contribution in [2.45, 2.75) is 18.9 Å². The average molecular weight is 295 g/mol. The van der Waals surface area contributed by atoms with Crippen LogP contribution < -0.4 is 10.1 Å². The van der Waals surface area contributed by atoms with Gasteiger partial charge in [-0.05, 0) is 51.9 Å². The van der Waals surface area contributed by atoms with Gasteiger partial charge >= 0.3 is 0 Å². The highest BCUT2D eigenvalue weighted by molar-refractivity contribution is 9.10. The van der Waals surface area contributed by atoms with Gasteiger partial charge in [-0.3, -0.25) is 0 Å². The number of hydrogen-bond donors (Lipinski definition) is 1. The maximum absolute atomic E-state index is 5.29. The molecular weight excluding hydrogens is 280 g/mol. The van der Waals surface area contributed by atoms with Crippen LogP contribution in [0.3, 0.4) is 0 Å². The minimum atomic E-state index is 0.671. The van der Waals surface area contributed by atoms with Gasteiger partial charge in [0.05, 0.1) is 7.11 Å². The topological polar surface area (TPSA) is 34.1 Å². The standard InChI is InChI=1S/C13H15BrN2O/c1-17-12-5-10(7-16-13(12)14)8-2-3-9-6-15-11(9)4-8/h2,5,7,9,11,15H,3-4,6H2,1H3. The van der Waals surface area contributed by atoms with E-state index in [4.69, 9.17) is 4.74 Å². The Kier molecular flexibility index (Phi) is 2.92. The molecule has 1 N–H and O–H groups in total. The van der Waals surface area contributed by atoms with Crippen LogP contribution in [0.2, 0.25) is 0 Å². The molecule has 0 spiro atoms. The molecule has 2 atom stereocenters. The Morgan fingerprint density at radius 1 is 1.53 bits per heavy atom. The number of fused-ring (bicyclic) bond motifs is 1. The van der Waals surface area contributed by atoms with E-state index in [0.29, 0.717) is 6.04 Å². The number of hydrogen-bond acceptors (Lipinski definition) is 3. The van der Waals surface area contributed by atoms with Gasteiger partial charge in [0.2, 0.25) is 0 Å². The monoisotopic (exact) mass is 294 g/mol. The van der Waals surface area contributed by atoms with Crippen molar-refractivity contribution >= 4 is 21.5 Å². The zero-order valence-corrected chi connectivity index (χ0v) is 11.3. The quantitative estimate of drug-likeness (QED) is 0.852. The van der Waals surface area contributed by atoms with Crippen LogP contribution >= 0.6 is 15.9 Å². The number of aromatic nitrogens is 1. The molecule has 3 nitrogen and oxygen atoms in total. The molecule has 3 rings (SSSR count). The minimum Gasteiger partial charge on any atom is -0.494 e. The fourth-order valence-corrected chi connectivity index (χ4v) is 2.91. The number of ether oxygens (including phenoxy) is 1. The largest absolute Gasteiger partial charge is 0.494 e. The van der Waals surface area contributed by atoms with Gasteiger partial charge in [-0.2, -0.15) is 0 Å². The summed E-state index contributed by atoms with van der Waals surface area (Å²) in [6, 6.07) is 2.73. The van der Waals surface area contributed by atoms with Crippen molar-refractivity contribution in [3.8, 4) is 5.75 Å². The molecule has 0 saturated carbocycles. The van der Waals surface area contributed by atoms with E-state index in [1.54, 1.807) is 7.11 Å². The first kappa shape index (κ1) is 11.2. The third-order valence-corrected chi connectivity index (χ3v) is 4.31. The lowest BCUT2D eigenvalue weighted by molar-refractivity contribution is 0.230. The summed E-state index contributed by atoms with van der Waals surface area (Å²) in [5, 5.41) is 3.49. The molecule has 1 aromatic rings. The van der Waals surface area contributed by atoms with Gasteiger partial charge in [0.15, 0.2) is 5.75 Å². The Morgan fingerprint density at radius 2 is 2.41 bits per heavy atom. The van der Waals surface area contributed by atoms with E-state index < -0.39 is 0 Å². The summed E-state index contributed by atoms with van der Waals surface area (Å²) in [4.78, 5) is 4.32. The summed E-state index contributed by atoms with van der Waals surface area (Å²) in [7, 11) is 1.67. The second-order valence-electron chi connectivity index (χ2n) is 4.66. The Morgan fingerprint density at radius 3 is 3.06 bits per heavy atom. The van der Waals surface area contributed by atoms with E-state index in [1.165, 1.54) is 24.1 Å². The minimum absolute atomic E-state index is 0.671. The number of allylic oxidation sites excluding steroid dienone is 1. The lowest BCUT2D eigenvalue weighted by Crippen LogP contribution is -2.53. The molecule has 1 saturated heterocycles. The summed E-state index contributed by atoms with van der Waals surface area (Å²) in [6.07, 6.45) is 6.56. The van der Waals surface area contributed by atoms with Gasteiger partial charge in [-0.25, -0.2) is 4.98 Å². The first-order chi connectivity index (χ1) is 8.28. The van der Waals surface area contributed by atoms with Crippen molar-refractivity contribution < 1.29 is 4.74 Å². The van der Waals surface area contributed by atoms with Gasteiger partial charge in [0.25, 0.3) is 0 Å². The van der Waals surface area contributed by atoms with Gasteiger partial charge < -0.3 is 10.1 Å². The van der Waals surface area contributed by atoms with E-state index in [0.717, 1.165) is 22.7 Å². The fourth-order valence-electron chi connectivity index (χ4n) is 2.53. The van der Waals surface area contributed by atoms with Crippen LogP contribution in [0.15, 0.2) is 22.9 Å². The van der Waals surface area contributed by atoms with Crippen molar-refractivity contribution in [3.05, 3.63) is 28.5 Å². The molecule has 1 aliphatic heterocycles. The lowest BCUT2D eigenvalue weighted by atomic mass is 9.78. The third-order valence-electron chi connectivity index (χ3n) is 3.72. The maximum Gasteiger partial charge on any atom is 0.152 e. The summed E-state index contributed by atoms with van der Waals surface area (Å²) in [5.74, 6) is 1.65. The summed E-state index contributed by atoms with van der Waals surface area (Å²) in [6.45, 7) is 1.18. The zero-order chi connectivity index (χ0) is 11.8. The third kappa shape index (κ3) is 2.00. The maximum atomic E-state index is 5.29. The van der Waals surface area contributed by atoms with Crippen LogP contribution in [0.25, 0.3) is 5.57 Å². The van der Waals surface area contributed by atoms with Crippen LogP contribution in [-0.2, 0) is 0 Å². The predicted octanol–water partition coefficient (Wildman–Crippen LogP) is 2.62. The summed E-state index contributed by atoms with van der Waals surface area (Å²) in [5.41, 5.74) is 2.56. The molecule has 0 radical (unpaired) electrons. The molecular formula is C13H15BrN2O. The first-order valence-electron chi connectivity index (χ1n) is 5.90. The summed E-state index contributed by atoms with van der Waals surface area (Å²) >= 11 is 3.38. The molecule has 90 valence electrons. The van der Waals surface area contributed by atoms with Gasteiger partial charge in [0.1, 0.15) is 4.60 Å². The Hall–Kier alpha value is -0.870. The smallest absolute Gasteiger partial charge is 0.152 e. The molecule has 1 aliphatic carbocycles. The zero-order valence-electron chi connectivity index (χ0n) is 9.74. The van der Waals surface area contributed by atoms with Gasteiger partial charge in [-0.15, -0.1) is 0 Å². The number of halogens is 1. The average Bonchev–Trinajstić information content (AvgIpc) is 2.32. The van der Waals surface area contributed by atoms with Crippen LogP contribution in [0.5, 0.6) is 5.75 Å². The van der Waals surface area contributed by atoms with Crippen molar-refractivity contribution in [1.29, 1.82) is 0 Å². The number of rotatable bonds is 2. The molecule has 4 heteroatoms. The molecule has 0 aromatic carbocycles. The van der Waals surface area contributed by atoms with Crippen LogP contribution in [0, 0.1) is 5.92 Å². The van der Waals surface area contributed by atoms with Crippen LogP contribution in [0.1, 0.15) is 18.4 Å². The van der Waals surface area contributed by atoms with Crippen molar-refractivity contribution in [2.24, 2.45) is 5.92 Å². The number of nitrogens with one attached hydrogen (secondary N) is 1. The Balaban J connectivity index is 1.88. The predicted molar refractivity (Wildman–Crippen MR) is 71.0 cm³/mol. The highest BCUT2D eigenvalue weighted by atomic mass is 79.9. The first-order valence-corrected chi connectivity index (χ1v) is 6.69. The second kappa shape index (κ2) is 4.42. The molecule has 2 heterocycles. The second-order valence-corrected chi connectivity index (χ2v) is 5.41. The van der Waals surface area contributed by atoms with Gasteiger partial charge in [-0.1, -0.05) is 6.08 Å². The molecule has 17 heavy (non-hydrogen) atoms. The van der Waals surface area contributed by atoms with Crippen molar-refractivity contribution in [3.63, 3.8) is 0 Å². The molecule has 1 fully saturated rings. The number of pyridine rings is 1. The van der Waals surface area contributed by atoms with E-state index in [2.05, 4.69) is 38.4 Å². The normalized spacial score (nSPS) is 26.8. The summed E-state index contributed by atoms with van der Waals surface area (Å²) < 4.78 is 6.05. The van der Waals surface area contributed by atoms with E-state index in [1.807, 2.05) is 6.20 Å². The molecule has 2 aliphatic rings. The Labute approximate surface area is 109 Å². The fraction of sp³-hybridized carbons (Fsp3) is 0.462. The number of methoxy groups -OCH3 is 1. The molecule has 0 bridgehead atoms. The highest BCUT2D eigenvalue weighted by Gasteiger charge is 2.33. The van der Waals surface area contributed by atoms with Crippen LogP contribution in [-0.4, -0.2) is 24.7 Å². The Bertz CT molecular complexity index is 472.